The third-order valence-corrected chi connectivity index (χ3v) is 10.3. The lowest BCUT2D eigenvalue weighted by Gasteiger charge is -2.29. The van der Waals surface area contributed by atoms with Crippen molar-refractivity contribution in [2.75, 3.05) is 46.3 Å². The lowest BCUT2D eigenvalue weighted by atomic mass is 9.94. The Kier molecular flexibility index (Phi) is 12.9. The van der Waals surface area contributed by atoms with Crippen LogP contribution in [0.15, 0.2) is 84.9 Å². The third-order valence-electron chi connectivity index (χ3n) is 10.0. The van der Waals surface area contributed by atoms with Crippen LogP contribution in [0, 0.1) is 0 Å². The molecule has 2 unspecified atom stereocenters. The molecule has 6 N–H and O–H groups in total. The molecule has 4 aromatic rings. The number of likely N-dealkylation sites (tertiary alicyclic amines) is 1. The van der Waals surface area contributed by atoms with Crippen LogP contribution in [-0.4, -0.2) is 108 Å². The first-order valence-corrected chi connectivity index (χ1v) is 18.9. The average Bonchev–Trinajstić information content (AvgIpc) is 3.72. The summed E-state index contributed by atoms with van der Waals surface area (Å²) in [5.41, 5.74) is 3.11. The van der Waals surface area contributed by atoms with Gasteiger partial charge in [0.2, 0.25) is 23.6 Å². The fourth-order valence-corrected chi connectivity index (χ4v) is 7.03. The van der Waals surface area contributed by atoms with Crippen molar-refractivity contribution in [3.63, 3.8) is 0 Å². The number of nitrogens with one attached hydrogen (secondary N) is 4. The topological polar surface area (TPSA) is 197 Å². The predicted octanol–water partition coefficient (Wildman–Crippen LogP) is 2.95. The summed E-state index contributed by atoms with van der Waals surface area (Å²) in [6.45, 7) is 0.549. The van der Waals surface area contributed by atoms with E-state index in [9.17, 15) is 39.0 Å². The van der Waals surface area contributed by atoms with Gasteiger partial charge in [-0.15, -0.1) is 0 Å². The number of rotatable bonds is 10. The molecule has 0 aromatic heterocycles. The summed E-state index contributed by atoms with van der Waals surface area (Å²) >= 11 is 5.99. The highest BCUT2D eigenvalue weighted by molar-refractivity contribution is 6.30. The van der Waals surface area contributed by atoms with E-state index in [1.54, 1.807) is 48.5 Å². The smallest absolute Gasteiger partial charge is 0.251 e. The van der Waals surface area contributed by atoms with E-state index in [0.29, 0.717) is 16.1 Å². The number of fused-ring (bicyclic) bond motifs is 5. The number of nitrogens with zero attached hydrogens (tertiary/aromatic N) is 2. The number of phenols is 2. The second-order valence-corrected chi connectivity index (χ2v) is 14.5. The number of phenolic OH excluding ortho intramolecular Hbond substituents is 2. The van der Waals surface area contributed by atoms with Gasteiger partial charge in [0.1, 0.15) is 23.6 Å². The molecule has 4 bridgehead atoms. The highest BCUT2D eigenvalue weighted by atomic mass is 35.5. The number of benzene rings is 4. The van der Waals surface area contributed by atoms with Gasteiger partial charge in [0.05, 0.1) is 26.2 Å². The number of halogens is 1. The van der Waals surface area contributed by atoms with Gasteiger partial charge in [-0.2, -0.15) is 0 Å². The molecule has 15 heteroatoms. The Labute approximate surface area is 334 Å². The summed E-state index contributed by atoms with van der Waals surface area (Å²) in [5.74, 6) is -3.92. The zero-order valence-electron chi connectivity index (χ0n) is 31.2. The Balaban J connectivity index is 1.19. The molecule has 1 fully saturated rings. The number of amides is 5. The number of hydrogen-bond acceptors (Lipinski definition) is 9. The second kappa shape index (κ2) is 18.1. The molecule has 6 rings (SSSR count). The van der Waals surface area contributed by atoms with Crippen LogP contribution in [0.4, 0.5) is 0 Å². The molecule has 296 valence electrons. The third kappa shape index (κ3) is 10.1. The SMILES string of the molecule is CN(C(=O)CNC(=O)c1ccc(-c2ccc(Cl)cc2)cc1)C1C(=O)NCC(=O)NC(C(=O)NCC(=O)CN2CCCC2)Cc2ccc(O)c(c2)-c2cc1ccc2O. The number of carbonyl (C=O) groups is 6. The monoisotopic (exact) mass is 794 g/mol. The van der Waals surface area contributed by atoms with Crippen LogP contribution in [0.1, 0.15) is 40.4 Å². The summed E-state index contributed by atoms with van der Waals surface area (Å²) < 4.78 is 0. The van der Waals surface area contributed by atoms with Crippen LogP contribution in [-0.2, 0) is 30.4 Å². The van der Waals surface area contributed by atoms with Crippen molar-refractivity contribution in [3.8, 4) is 33.8 Å². The Hall–Kier alpha value is -6.25. The van der Waals surface area contributed by atoms with Crippen molar-refractivity contribution in [1.29, 1.82) is 0 Å². The highest BCUT2D eigenvalue weighted by Gasteiger charge is 2.31. The van der Waals surface area contributed by atoms with Gasteiger partial charge in [-0.1, -0.05) is 48.0 Å². The lowest BCUT2D eigenvalue weighted by Crippen LogP contribution is -2.52. The molecule has 57 heavy (non-hydrogen) atoms. The molecule has 2 heterocycles. The van der Waals surface area contributed by atoms with E-state index < -0.39 is 54.7 Å². The van der Waals surface area contributed by atoms with Crippen molar-refractivity contribution >= 4 is 46.9 Å². The Morgan fingerprint density at radius 3 is 2.14 bits per heavy atom. The standard InChI is InChI=1S/C42H43ClN6O8/c1-48(38(54)23-46-40(55)28-7-5-26(6-8-28)27-9-12-30(43)13-10-27)39-29-11-15-36(52)33(20-29)32-18-25(4-14-35(32)51)19-34(47-37(53)22-45-42(39)57)41(56)44-21-31(50)24-49-16-2-3-17-49/h4-15,18,20,34,39,51-52H,2-3,16-17,19,21-24H2,1H3,(H,44,56)(H,45,57)(H,46,55)(H,47,53). The van der Waals surface area contributed by atoms with E-state index in [1.165, 1.54) is 31.3 Å². The normalized spacial score (nSPS) is 17.1. The maximum atomic E-state index is 13.9. The van der Waals surface area contributed by atoms with Crippen LogP contribution in [0.5, 0.6) is 11.5 Å². The van der Waals surface area contributed by atoms with E-state index in [0.717, 1.165) is 42.0 Å². The molecule has 1 saturated heterocycles. The molecule has 0 saturated carbocycles. The summed E-state index contributed by atoms with van der Waals surface area (Å²) in [5, 5.41) is 32.8. The fourth-order valence-electron chi connectivity index (χ4n) is 6.91. The zero-order valence-corrected chi connectivity index (χ0v) is 32.0. The molecule has 0 spiro atoms. The molecule has 2 aliphatic rings. The lowest BCUT2D eigenvalue weighted by molar-refractivity contribution is -0.139. The summed E-state index contributed by atoms with van der Waals surface area (Å²) in [6, 6.07) is 20.2. The van der Waals surface area contributed by atoms with E-state index in [2.05, 4.69) is 21.3 Å². The maximum Gasteiger partial charge on any atom is 0.251 e. The molecule has 0 aliphatic carbocycles. The minimum Gasteiger partial charge on any atom is -0.507 e. The van der Waals surface area contributed by atoms with E-state index in [1.807, 2.05) is 17.0 Å². The molecule has 4 aromatic carbocycles. The van der Waals surface area contributed by atoms with Gasteiger partial charge >= 0.3 is 0 Å². The van der Waals surface area contributed by atoms with Gasteiger partial charge in [-0.3, -0.25) is 33.7 Å². The van der Waals surface area contributed by atoms with Crippen LogP contribution in [0.2, 0.25) is 5.02 Å². The molecular weight excluding hydrogens is 752 g/mol. The zero-order chi connectivity index (χ0) is 40.6. The van der Waals surface area contributed by atoms with E-state index in [4.69, 9.17) is 11.6 Å². The van der Waals surface area contributed by atoms with E-state index in [-0.39, 0.29) is 53.5 Å². The number of hydrogen-bond donors (Lipinski definition) is 6. The van der Waals surface area contributed by atoms with Gasteiger partial charge in [0, 0.05) is 35.2 Å². The largest absolute Gasteiger partial charge is 0.507 e. The van der Waals surface area contributed by atoms with Crippen molar-refractivity contribution in [1.82, 2.24) is 31.1 Å². The quantitative estimate of drug-likeness (QED) is 0.140. The van der Waals surface area contributed by atoms with Crippen LogP contribution in [0.25, 0.3) is 22.3 Å². The van der Waals surface area contributed by atoms with Gasteiger partial charge in [-0.25, -0.2) is 0 Å². The summed E-state index contributed by atoms with van der Waals surface area (Å²) in [4.78, 5) is 82.9. The van der Waals surface area contributed by atoms with Crippen molar-refractivity contribution < 1.29 is 39.0 Å². The van der Waals surface area contributed by atoms with Gasteiger partial charge in [0.25, 0.3) is 5.91 Å². The maximum absolute atomic E-state index is 13.9. The van der Waals surface area contributed by atoms with Crippen LogP contribution >= 0.6 is 11.6 Å². The summed E-state index contributed by atoms with van der Waals surface area (Å²) in [6.07, 6.45) is 1.97. The fraction of sp³-hybridized carbons (Fsp3) is 0.286. The van der Waals surface area contributed by atoms with Crippen molar-refractivity contribution in [2.24, 2.45) is 0 Å². The minimum atomic E-state index is -1.37. The molecule has 5 amide bonds. The number of Topliss-reactive ketones (excluding diaryl/α,β-unsaturated/α-hetero) is 1. The Morgan fingerprint density at radius 1 is 0.825 bits per heavy atom. The first-order valence-electron chi connectivity index (χ1n) is 18.5. The number of likely N-dealkylation sites (N-methyl/N-ethyl adjacent to an activating group) is 1. The highest BCUT2D eigenvalue weighted by Crippen LogP contribution is 2.38. The predicted molar refractivity (Wildman–Crippen MR) is 212 cm³/mol. The van der Waals surface area contributed by atoms with Crippen molar-refractivity contribution in [2.45, 2.75) is 31.3 Å². The molecule has 0 radical (unpaired) electrons. The van der Waals surface area contributed by atoms with Gasteiger partial charge in [-0.05, 0) is 96.7 Å². The molecule has 2 aliphatic heterocycles. The summed E-state index contributed by atoms with van der Waals surface area (Å²) in [7, 11) is 1.36. The first-order chi connectivity index (χ1) is 27.4. The molecule has 2 atom stereocenters. The Morgan fingerprint density at radius 2 is 1.46 bits per heavy atom. The number of aromatic hydroxyl groups is 2. The number of ketones is 1. The van der Waals surface area contributed by atoms with Crippen LogP contribution < -0.4 is 21.3 Å². The van der Waals surface area contributed by atoms with Crippen LogP contribution in [0.3, 0.4) is 0 Å². The molecular formula is C42H43ClN6O8. The van der Waals surface area contributed by atoms with Gasteiger partial charge in [0.15, 0.2) is 5.78 Å². The Bertz CT molecular complexity index is 2170. The van der Waals surface area contributed by atoms with E-state index >= 15 is 0 Å². The molecule has 14 nitrogen and oxygen atoms in total. The second-order valence-electron chi connectivity index (χ2n) is 14.1. The minimum absolute atomic E-state index is 0.0440. The van der Waals surface area contributed by atoms with Gasteiger partial charge < -0.3 is 36.4 Å². The number of carbonyl (C=O) groups excluding carboxylic acids is 6. The average molecular weight is 795 g/mol. The first kappa shape index (κ1) is 40.4. The van der Waals surface area contributed by atoms with Crippen molar-refractivity contribution in [3.05, 3.63) is 107 Å².